The fourth-order valence-electron chi connectivity index (χ4n) is 2.28. The molecule has 4 heteroatoms. The molecule has 0 atom stereocenters. The zero-order valence-electron chi connectivity index (χ0n) is 11.1. The summed E-state index contributed by atoms with van der Waals surface area (Å²) in [5, 5.41) is 23.7. The number of rotatable bonds is 3. The first-order valence-electron chi connectivity index (χ1n) is 6.46. The molecule has 4 nitrogen and oxygen atoms in total. The second kappa shape index (κ2) is 5.17. The standard InChI is InChI=1S/C17H13NO3/c19-16-9-8-15(13-6-1-2-7-14(13)16)18-12-5-3-4-11(10-12)17(20)21/h1-10,18-19H,(H,20,21). The highest BCUT2D eigenvalue weighted by atomic mass is 16.4. The number of nitrogens with one attached hydrogen (secondary N) is 1. The molecule has 3 aromatic carbocycles. The Morgan fingerprint density at radius 2 is 1.67 bits per heavy atom. The lowest BCUT2D eigenvalue weighted by Gasteiger charge is -2.11. The van der Waals surface area contributed by atoms with Crippen LogP contribution in [0.5, 0.6) is 5.75 Å². The summed E-state index contributed by atoms with van der Waals surface area (Å²) in [4.78, 5) is 11.0. The zero-order chi connectivity index (χ0) is 14.8. The topological polar surface area (TPSA) is 69.6 Å². The Morgan fingerprint density at radius 1 is 0.905 bits per heavy atom. The molecular weight excluding hydrogens is 266 g/mol. The van der Waals surface area contributed by atoms with E-state index in [1.54, 1.807) is 36.4 Å². The first-order chi connectivity index (χ1) is 10.1. The number of aromatic carboxylic acids is 1. The number of carboxylic acid groups (broad SMARTS) is 1. The molecule has 0 unspecified atom stereocenters. The molecular formula is C17H13NO3. The van der Waals surface area contributed by atoms with Gasteiger partial charge in [0.15, 0.2) is 0 Å². The summed E-state index contributed by atoms with van der Waals surface area (Å²) in [6.07, 6.45) is 0. The summed E-state index contributed by atoms with van der Waals surface area (Å²) in [7, 11) is 0. The summed E-state index contributed by atoms with van der Waals surface area (Å²) < 4.78 is 0. The number of carboxylic acids is 1. The van der Waals surface area contributed by atoms with Gasteiger partial charge in [-0.25, -0.2) is 4.79 Å². The number of hydrogen-bond acceptors (Lipinski definition) is 3. The lowest BCUT2D eigenvalue weighted by molar-refractivity contribution is 0.0697. The number of phenolic OH excluding ortho intramolecular Hbond substituents is 1. The molecule has 0 aliphatic carbocycles. The summed E-state index contributed by atoms with van der Waals surface area (Å²) in [5.74, 6) is -0.746. The lowest BCUT2D eigenvalue weighted by atomic mass is 10.1. The van der Waals surface area contributed by atoms with E-state index in [4.69, 9.17) is 5.11 Å². The Balaban J connectivity index is 2.04. The van der Waals surface area contributed by atoms with Crippen molar-refractivity contribution in [2.75, 3.05) is 5.32 Å². The minimum Gasteiger partial charge on any atom is -0.507 e. The maximum atomic E-state index is 11.0. The molecule has 0 aromatic heterocycles. The van der Waals surface area contributed by atoms with E-state index < -0.39 is 5.97 Å². The zero-order valence-corrected chi connectivity index (χ0v) is 11.1. The molecule has 0 saturated carbocycles. The molecule has 104 valence electrons. The van der Waals surface area contributed by atoms with Gasteiger partial charge in [0.2, 0.25) is 0 Å². The third kappa shape index (κ3) is 2.51. The summed E-state index contributed by atoms with van der Waals surface area (Å²) in [6.45, 7) is 0. The van der Waals surface area contributed by atoms with Crippen molar-refractivity contribution in [1.82, 2.24) is 0 Å². The number of phenols is 1. The van der Waals surface area contributed by atoms with Gasteiger partial charge in [0.25, 0.3) is 0 Å². The van der Waals surface area contributed by atoms with Crippen LogP contribution in [0.2, 0.25) is 0 Å². The molecule has 3 rings (SSSR count). The van der Waals surface area contributed by atoms with Crippen molar-refractivity contribution in [3.8, 4) is 5.75 Å². The third-order valence-electron chi connectivity index (χ3n) is 3.29. The van der Waals surface area contributed by atoms with Crippen molar-refractivity contribution in [3.63, 3.8) is 0 Å². The van der Waals surface area contributed by atoms with Gasteiger partial charge < -0.3 is 15.5 Å². The molecule has 0 spiro atoms. The molecule has 3 aromatic rings. The summed E-state index contributed by atoms with van der Waals surface area (Å²) in [5.41, 5.74) is 1.72. The average molecular weight is 279 g/mol. The van der Waals surface area contributed by atoms with E-state index in [0.717, 1.165) is 16.5 Å². The van der Waals surface area contributed by atoms with Crippen molar-refractivity contribution >= 4 is 28.1 Å². The van der Waals surface area contributed by atoms with Gasteiger partial charge in [-0.1, -0.05) is 30.3 Å². The maximum absolute atomic E-state index is 11.0. The molecule has 0 bridgehead atoms. The maximum Gasteiger partial charge on any atom is 0.335 e. The second-order valence-corrected chi connectivity index (χ2v) is 4.69. The summed E-state index contributed by atoms with van der Waals surface area (Å²) in [6, 6.07) is 17.5. The van der Waals surface area contributed by atoms with E-state index in [9.17, 15) is 9.90 Å². The van der Waals surface area contributed by atoms with Gasteiger partial charge in [-0.2, -0.15) is 0 Å². The fraction of sp³-hybridized carbons (Fsp3) is 0. The van der Waals surface area contributed by atoms with Crippen LogP contribution >= 0.6 is 0 Å². The Bertz CT molecular complexity index is 827. The van der Waals surface area contributed by atoms with Gasteiger partial charge in [0, 0.05) is 22.1 Å². The van der Waals surface area contributed by atoms with Crippen LogP contribution in [0, 0.1) is 0 Å². The van der Waals surface area contributed by atoms with Crippen molar-refractivity contribution in [3.05, 3.63) is 66.2 Å². The van der Waals surface area contributed by atoms with Crippen LogP contribution in [0.15, 0.2) is 60.7 Å². The fourth-order valence-corrected chi connectivity index (χ4v) is 2.28. The van der Waals surface area contributed by atoms with Crippen molar-refractivity contribution in [2.45, 2.75) is 0 Å². The Hall–Kier alpha value is -3.01. The van der Waals surface area contributed by atoms with Crippen LogP contribution in [0.1, 0.15) is 10.4 Å². The van der Waals surface area contributed by atoms with Crippen LogP contribution in [0.25, 0.3) is 10.8 Å². The quantitative estimate of drug-likeness (QED) is 0.634. The minimum atomic E-state index is -0.964. The number of hydrogen-bond donors (Lipinski definition) is 3. The van der Waals surface area contributed by atoms with Crippen LogP contribution in [-0.4, -0.2) is 16.2 Å². The predicted octanol–water partition coefficient (Wildman–Crippen LogP) is 3.99. The van der Waals surface area contributed by atoms with Crippen molar-refractivity contribution < 1.29 is 15.0 Å². The highest BCUT2D eigenvalue weighted by molar-refractivity contribution is 5.99. The van der Waals surface area contributed by atoms with Crippen LogP contribution in [0.3, 0.4) is 0 Å². The normalized spacial score (nSPS) is 10.5. The van der Waals surface area contributed by atoms with Crippen LogP contribution < -0.4 is 5.32 Å². The Morgan fingerprint density at radius 3 is 2.43 bits per heavy atom. The number of aromatic hydroxyl groups is 1. The molecule has 0 fully saturated rings. The van der Waals surface area contributed by atoms with E-state index in [1.165, 1.54) is 0 Å². The van der Waals surface area contributed by atoms with Gasteiger partial charge >= 0.3 is 5.97 Å². The molecule has 0 aliphatic heterocycles. The molecule has 0 aliphatic rings. The number of benzene rings is 3. The summed E-state index contributed by atoms with van der Waals surface area (Å²) >= 11 is 0. The minimum absolute atomic E-state index is 0.218. The first-order valence-corrected chi connectivity index (χ1v) is 6.46. The lowest BCUT2D eigenvalue weighted by Crippen LogP contribution is -1.98. The van der Waals surface area contributed by atoms with Crippen molar-refractivity contribution in [1.29, 1.82) is 0 Å². The van der Waals surface area contributed by atoms with Gasteiger partial charge in [-0.3, -0.25) is 0 Å². The van der Waals surface area contributed by atoms with Gasteiger partial charge in [0.05, 0.1) is 5.56 Å². The highest BCUT2D eigenvalue weighted by Crippen LogP contribution is 2.32. The number of fused-ring (bicyclic) bond motifs is 1. The third-order valence-corrected chi connectivity index (χ3v) is 3.29. The molecule has 0 saturated heterocycles. The first kappa shape index (κ1) is 13.0. The second-order valence-electron chi connectivity index (χ2n) is 4.69. The average Bonchev–Trinajstić information content (AvgIpc) is 2.51. The smallest absolute Gasteiger partial charge is 0.335 e. The van der Waals surface area contributed by atoms with E-state index in [0.29, 0.717) is 5.69 Å². The molecule has 0 radical (unpaired) electrons. The Labute approximate surface area is 121 Å². The number of carbonyl (C=O) groups is 1. The van der Waals surface area contributed by atoms with Gasteiger partial charge in [0.1, 0.15) is 5.75 Å². The largest absolute Gasteiger partial charge is 0.507 e. The van der Waals surface area contributed by atoms with E-state index in [-0.39, 0.29) is 11.3 Å². The van der Waals surface area contributed by atoms with E-state index >= 15 is 0 Å². The SMILES string of the molecule is O=C(O)c1cccc(Nc2ccc(O)c3ccccc23)c1. The Kier molecular flexibility index (Phi) is 3.20. The molecule has 0 amide bonds. The number of anilines is 2. The van der Waals surface area contributed by atoms with Crippen LogP contribution in [-0.2, 0) is 0 Å². The molecule has 0 heterocycles. The van der Waals surface area contributed by atoms with E-state index in [2.05, 4.69) is 5.32 Å². The highest BCUT2D eigenvalue weighted by Gasteiger charge is 2.07. The molecule has 3 N–H and O–H groups in total. The van der Waals surface area contributed by atoms with Gasteiger partial charge in [-0.15, -0.1) is 0 Å². The van der Waals surface area contributed by atoms with E-state index in [1.807, 2.05) is 24.3 Å². The monoisotopic (exact) mass is 279 g/mol. The van der Waals surface area contributed by atoms with Crippen LogP contribution in [0.4, 0.5) is 11.4 Å². The van der Waals surface area contributed by atoms with Crippen molar-refractivity contribution in [2.24, 2.45) is 0 Å². The molecule has 21 heavy (non-hydrogen) atoms. The van der Waals surface area contributed by atoms with Gasteiger partial charge in [-0.05, 0) is 30.3 Å². The predicted molar refractivity (Wildman–Crippen MR) is 82.3 cm³/mol.